The van der Waals surface area contributed by atoms with Gasteiger partial charge in [0.2, 0.25) is 0 Å². The highest BCUT2D eigenvalue weighted by Crippen LogP contribution is 2.34. The molecule has 0 aliphatic heterocycles. The molecule has 0 bridgehead atoms. The summed E-state index contributed by atoms with van der Waals surface area (Å²) in [6.45, 7) is 2.06. The van der Waals surface area contributed by atoms with Gasteiger partial charge in [-0.3, -0.25) is 0 Å². The first-order valence-electron chi connectivity index (χ1n) is 6.98. The minimum Gasteiger partial charge on any atom is -0.332 e. The fourth-order valence-electron chi connectivity index (χ4n) is 1.98. The highest BCUT2D eigenvalue weighted by Gasteiger charge is 2.16. The van der Waals surface area contributed by atoms with Crippen molar-refractivity contribution in [2.75, 3.05) is 7.05 Å². The molecule has 0 radical (unpaired) electrons. The molecule has 0 saturated carbocycles. The number of likely N-dealkylation sites (N-methyl/N-ethyl adjacent to an activating group) is 1. The number of nitrogens with zero attached hydrogens (tertiary/aromatic N) is 3. The van der Waals surface area contributed by atoms with Gasteiger partial charge >= 0.3 is 0 Å². The van der Waals surface area contributed by atoms with E-state index in [1.807, 2.05) is 18.5 Å². The summed E-state index contributed by atoms with van der Waals surface area (Å²) in [5.74, 6) is 1.07. The van der Waals surface area contributed by atoms with Gasteiger partial charge in [0.15, 0.2) is 5.82 Å². The zero-order valence-electron chi connectivity index (χ0n) is 12.9. The molecule has 9 heteroatoms. The predicted molar refractivity (Wildman–Crippen MR) is 100 cm³/mol. The molecule has 2 heterocycles. The van der Waals surface area contributed by atoms with Gasteiger partial charge in [-0.1, -0.05) is 28.4 Å². The lowest BCUT2D eigenvalue weighted by molar-refractivity contribution is 0.417. The monoisotopic (exact) mass is 404 g/mol. The van der Waals surface area contributed by atoms with Crippen molar-refractivity contribution in [3.8, 4) is 22.2 Å². The molecule has 0 aliphatic rings. The highest BCUT2D eigenvalue weighted by atomic mass is 35.5. The second-order valence-corrected chi connectivity index (χ2v) is 6.77. The van der Waals surface area contributed by atoms with E-state index in [1.54, 1.807) is 12.1 Å². The smallest absolute Gasteiger partial charge is 0.277 e. The second kappa shape index (κ2) is 8.27. The van der Waals surface area contributed by atoms with Crippen LogP contribution in [0, 0.1) is 0 Å². The molecule has 24 heavy (non-hydrogen) atoms. The topological polar surface area (TPSA) is 63.8 Å². The lowest BCUT2D eigenvalue weighted by Gasteiger charge is -2.04. The molecular formula is C15H15Cl3N4OS. The van der Waals surface area contributed by atoms with E-state index in [-0.39, 0.29) is 18.4 Å². The molecule has 0 saturated heterocycles. The fraction of sp³-hybridized carbons (Fsp3) is 0.267. The Bertz CT molecular complexity index is 821. The summed E-state index contributed by atoms with van der Waals surface area (Å²) in [5.41, 5.74) is 1.47. The van der Waals surface area contributed by atoms with Crippen LogP contribution >= 0.6 is 46.9 Å². The van der Waals surface area contributed by atoms with E-state index >= 15 is 0 Å². The number of rotatable bonds is 5. The SMILES string of the molecule is CNC(C)Cc1noc(-c2csc(-c3ccc(Cl)cc3Cl)n2)n1.Cl. The lowest BCUT2D eigenvalue weighted by Crippen LogP contribution is -2.24. The molecule has 0 amide bonds. The average molecular weight is 406 g/mol. The Hall–Kier alpha value is -1.18. The van der Waals surface area contributed by atoms with Crippen LogP contribution < -0.4 is 5.32 Å². The summed E-state index contributed by atoms with van der Waals surface area (Å²) in [6, 6.07) is 5.61. The Morgan fingerprint density at radius 3 is 2.79 bits per heavy atom. The number of hydrogen-bond donors (Lipinski definition) is 1. The number of halogens is 3. The lowest BCUT2D eigenvalue weighted by atomic mass is 10.2. The van der Waals surface area contributed by atoms with Crippen LogP contribution in [0.15, 0.2) is 28.1 Å². The number of aromatic nitrogens is 3. The maximum absolute atomic E-state index is 6.22. The standard InChI is InChI=1S/C15H14Cl2N4OS.ClH/c1-8(18-2)5-13-20-14(22-21-13)12-7-23-15(19-12)10-4-3-9(16)6-11(10)17;/h3-4,6-8,18H,5H2,1-2H3;1H. The zero-order chi connectivity index (χ0) is 16.4. The van der Waals surface area contributed by atoms with Crippen LogP contribution in [0.4, 0.5) is 0 Å². The Morgan fingerprint density at radius 2 is 2.08 bits per heavy atom. The molecule has 5 nitrogen and oxygen atoms in total. The largest absolute Gasteiger partial charge is 0.332 e. The normalized spacial score (nSPS) is 12.0. The molecule has 128 valence electrons. The maximum Gasteiger partial charge on any atom is 0.277 e. The minimum absolute atomic E-state index is 0. The first-order chi connectivity index (χ1) is 11.1. The molecule has 3 aromatic rings. The second-order valence-electron chi connectivity index (χ2n) is 5.07. The van der Waals surface area contributed by atoms with E-state index in [2.05, 4.69) is 27.4 Å². The zero-order valence-corrected chi connectivity index (χ0v) is 16.1. The van der Waals surface area contributed by atoms with Crippen LogP contribution in [0.3, 0.4) is 0 Å². The first-order valence-corrected chi connectivity index (χ1v) is 8.61. The maximum atomic E-state index is 6.22. The van der Waals surface area contributed by atoms with Crippen molar-refractivity contribution < 1.29 is 4.52 Å². The van der Waals surface area contributed by atoms with Gasteiger partial charge in [-0.05, 0) is 32.2 Å². The summed E-state index contributed by atoms with van der Waals surface area (Å²) in [5, 5.41) is 10.9. The van der Waals surface area contributed by atoms with Gasteiger partial charge in [0.1, 0.15) is 10.7 Å². The van der Waals surface area contributed by atoms with Crippen LogP contribution in [0.25, 0.3) is 22.2 Å². The minimum atomic E-state index is 0. The van der Waals surface area contributed by atoms with E-state index in [0.29, 0.717) is 33.9 Å². The van der Waals surface area contributed by atoms with Gasteiger partial charge < -0.3 is 9.84 Å². The molecule has 1 aromatic carbocycles. The van der Waals surface area contributed by atoms with Crippen LogP contribution in [0.1, 0.15) is 12.7 Å². The van der Waals surface area contributed by atoms with Gasteiger partial charge in [-0.15, -0.1) is 23.7 Å². The summed E-state index contributed by atoms with van der Waals surface area (Å²) in [7, 11) is 1.90. The highest BCUT2D eigenvalue weighted by molar-refractivity contribution is 7.13. The van der Waals surface area contributed by atoms with Crippen molar-refractivity contribution in [1.82, 2.24) is 20.4 Å². The molecule has 2 aromatic heterocycles. The molecule has 0 aliphatic carbocycles. The van der Waals surface area contributed by atoms with E-state index in [0.717, 1.165) is 10.6 Å². The van der Waals surface area contributed by atoms with Crippen LogP contribution in [-0.2, 0) is 6.42 Å². The van der Waals surface area contributed by atoms with Gasteiger partial charge in [0.05, 0.1) is 5.02 Å². The van der Waals surface area contributed by atoms with E-state index in [1.165, 1.54) is 11.3 Å². The molecular weight excluding hydrogens is 391 g/mol. The molecule has 1 atom stereocenters. The van der Waals surface area contributed by atoms with E-state index < -0.39 is 0 Å². The van der Waals surface area contributed by atoms with E-state index in [9.17, 15) is 0 Å². The summed E-state index contributed by atoms with van der Waals surface area (Å²) in [6.07, 6.45) is 0.694. The van der Waals surface area contributed by atoms with Crippen molar-refractivity contribution in [2.45, 2.75) is 19.4 Å². The van der Waals surface area contributed by atoms with Crippen LogP contribution in [-0.4, -0.2) is 28.2 Å². The Balaban J connectivity index is 0.00000208. The fourth-order valence-corrected chi connectivity index (χ4v) is 3.36. The molecule has 0 fully saturated rings. The van der Waals surface area contributed by atoms with Crippen molar-refractivity contribution >= 4 is 46.9 Å². The summed E-state index contributed by atoms with van der Waals surface area (Å²) < 4.78 is 5.30. The van der Waals surface area contributed by atoms with Crippen molar-refractivity contribution in [2.24, 2.45) is 0 Å². The van der Waals surface area contributed by atoms with Gasteiger partial charge in [-0.2, -0.15) is 4.98 Å². The molecule has 3 rings (SSSR count). The van der Waals surface area contributed by atoms with Crippen molar-refractivity contribution in [1.29, 1.82) is 0 Å². The van der Waals surface area contributed by atoms with E-state index in [4.69, 9.17) is 27.7 Å². The Kier molecular flexibility index (Phi) is 6.60. The third-order valence-corrected chi connectivity index (χ3v) is 4.76. The third kappa shape index (κ3) is 4.26. The van der Waals surface area contributed by atoms with Crippen molar-refractivity contribution in [3.05, 3.63) is 39.4 Å². The quantitative estimate of drug-likeness (QED) is 0.664. The Labute approximate surface area is 159 Å². The first kappa shape index (κ1) is 19.1. The van der Waals surface area contributed by atoms with Gasteiger partial charge in [0, 0.05) is 28.4 Å². The number of thiazole rings is 1. The number of benzene rings is 1. The predicted octanol–water partition coefficient (Wildman–Crippen LogP) is 4.74. The third-order valence-electron chi connectivity index (χ3n) is 3.33. The van der Waals surface area contributed by atoms with Crippen molar-refractivity contribution in [3.63, 3.8) is 0 Å². The number of nitrogens with one attached hydrogen (secondary N) is 1. The van der Waals surface area contributed by atoms with Gasteiger partial charge in [0.25, 0.3) is 5.89 Å². The summed E-state index contributed by atoms with van der Waals surface area (Å²) in [4.78, 5) is 8.92. The average Bonchev–Trinajstić information content (AvgIpc) is 3.16. The summed E-state index contributed by atoms with van der Waals surface area (Å²) >= 11 is 13.6. The Morgan fingerprint density at radius 1 is 1.29 bits per heavy atom. The molecule has 0 spiro atoms. The van der Waals surface area contributed by atoms with Crippen LogP contribution in [0.2, 0.25) is 10.0 Å². The number of hydrogen-bond acceptors (Lipinski definition) is 6. The van der Waals surface area contributed by atoms with Crippen LogP contribution in [0.5, 0.6) is 0 Å². The molecule has 1 unspecified atom stereocenters. The van der Waals surface area contributed by atoms with Gasteiger partial charge in [-0.25, -0.2) is 4.98 Å². The molecule has 1 N–H and O–H groups in total.